The Morgan fingerprint density at radius 3 is 0.938 bits per heavy atom. The summed E-state index contributed by atoms with van der Waals surface area (Å²) in [4.78, 5) is 46.3. The number of carboxylic acids is 4. The minimum Gasteiger partial charge on any atom is -0.545 e. The van der Waals surface area contributed by atoms with Gasteiger partial charge in [0, 0.05) is 19.6 Å². The number of quaternary nitrogens is 1. The molecule has 0 atom stereocenters. The summed E-state index contributed by atoms with van der Waals surface area (Å²) in [6.07, 6.45) is 0. The quantitative estimate of drug-likeness (QED) is 0.138. The van der Waals surface area contributed by atoms with Crippen LogP contribution in [0.15, 0.2) is 147 Å². The number of hydrogen-bond acceptors (Lipinski definition) is 7. The van der Waals surface area contributed by atoms with Gasteiger partial charge in [-0.3, -0.25) is 4.48 Å². The third-order valence-electron chi connectivity index (χ3n) is 6.40. The molecule has 0 saturated carbocycles. The van der Waals surface area contributed by atoms with Crippen LogP contribution in [0.25, 0.3) is 0 Å². The molecule has 0 spiro atoms. The summed E-state index contributed by atoms with van der Waals surface area (Å²) in [6.45, 7) is 0. The maximum Gasteiger partial charge on any atom is 0.335 e. The molecule has 0 amide bonds. The number of carbonyl (C=O) groups excluding carboxylic acids is 1. The molecular formula is C37H33NO8S2. The van der Waals surface area contributed by atoms with E-state index in [1.807, 2.05) is 6.07 Å². The van der Waals surface area contributed by atoms with E-state index in [0.717, 1.165) is 24.1 Å². The number of hydrogen-bond donors (Lipinski definition) is 3. The number of benzene rings is 5. The van der Waals surface area contributed by atoms with E-state index in [0.29, 0.717) is 0 Å². The molecule has 9 nitrogen and oxygen atoms in total. The topological polar surface area (TPSA) is 152 Å². The van der Waals surface area contributed by atoms with Crippen LogP contribution >= 0.6 is 23.5 Å². The van der Waals surface area contributed by atoms with Gasteiger partial charge in [-0.2, -0.15) is 0 Å². The van der Waals surface area contributed by atoms with Gasteiger partial charge in [0.05, 0.1) is 43.8 Å². The lowest BCUT2D eigenvalue weighted by Crippen LogP contribution is -2.34. The molecular weight excluding hydrogens is 651 g/mol. The zero-order chi connectivity index (χ0) is 35.3. The molecule has 0 bridgehead atoms. The maximum atomic E-state index is 10.7. The predicted molar refractivity (Wildman–Crippen MR) is 185 cm³/mol. The monoisotopic (exact) mass is 683 g/mol. The van der Waals surface area contributed by atoms with Crippen molar-refractivity contribution in [3.63, 3.8) is 0 Å². The minimum absolute atomic E-state index is 0.130. The number of carbonyl (C=O) groups is 4. The second-order valence-corrected chi connectivity index (χ2v) is 13.1. The molecule has 5 rings (SSSR count). The lowest BCUT2D eigenvalue weighted by Gasteiger charge is -2.22. The van der Waals surface area contributed by atoms with Gasteiger partial charge in [-0.05, 0) is 103 Å². The summed E-state index contributed by atoms with van der Waals surface area (Å²) >= 11 is 2.86. The molecule has 0 saturated heterocycles. The highest BCUT2D eigenvalue weighted by Crippen LogP contribution is 2.29. The van der Waals surface area contributed by atoms with Crippen LogP contribution in [0.5, 0.6) is 0 Å². The van der Waals surface area contributed by atoms with Crippen LogP contribution in [0.3, 0.4) is 0 Å². The fourth-order valence-corrected chi connectivity index (χ4v) is 5.44. The Balaban J connectivity index is 0.000000205. The zero-order valence-electron chi connectivity index (χ0n) is 26.3. The second kappa shape index (κ2) is 17.5. The van der Waals surface area contributed by atoms with Crippen LogP contribution in [0, 0.1) is 0 Å². The van der Waals surface area contributed by atoms with Crippen molar-refractivity contribution in [1.29, 1.82) is 0 Å². The van der Waals surface area contributed by atoms with Gasteiger partial charge < -0.3 is 25.2 Å². The van der Waals surface area contributed by atoms with Crippen molar-refractivity contribution in [3.05, 3.63) is 150 Å². The van der Waals surface area contributed by atoms with Crippen molar-refractivity contribution in [1.82, 2.24) is 4.48 Å². The van der Waals surface area contributed by atoms with Crippen molar-refractivity contribution in [3.8, 4) is 0 Å². The summed E-state index contributed by atoms with van der Waals surface area (Å²) in [5.74, 6) is -4.08. The smallest absolute Gasteiger partial charge is 0.335 e. The Morgan fingerprint density at radius 1 is 0.458 bits per heavy atom. The number of para-hydroxylation sites is 1. The average Bonchev–Trinajstić information content (AvgIpc) is 3.06. The summed E-state index contributed by atoms with van der Waals surface area (Å²) < 4.78 is 0.890. The van der Waals surface area contributed by atoms with Crippen molar-refractivity contribution in [2.75, 3.05) is 21.1 Å². The van der Waals surface area contributed by atoms with Gasteiger partial charge in [-0.25, -0.2) is 14.4 Å². The first-order valence-corrected chi connectivity index (χ1v) is 15.9. The van der Waals surface area contributed by atoms with Crippen LogP contribution in [-0.2, 0) is 0 Å². The third kappa shape index (κ3) is 12.1. The second-order valence-electron chi connectivity index (χ2n) is 10.9. The summed E-state index contributed by atoms with van der Waals surface area (Å²) in [5, 5.41) is 36.9. The van der Waals surface area contributed by atoms with E-state index in [4.69, 9.17) is 15.3 Å². The van der Waals surface area contributed by atoms with E-state index in [1.54, 1.807) is 48.5 Å². The molecule has 0 aliphatic carbocycles. The summed E-state index contributed by atoms with van der Waals surface area (Å²) in [7, 11) is 6.49. The van der Waals surface area contributed by atoms with Crippen LogP contribution in [-0.4, -0.2) is 60.3 Å². The molecule has 0 aliphatic heterocycles. The molecule has 246 valence electrons. The molecule has 3 N–H and O–H groups in total. The van der Waals surface area contributed by atoms with Gasteiger partial charge >= 0.3 is 17.9 Å². The van der Waals surface area contributed by atoms with Gasteiger partial charge in [0.2, 0.25) is 0 Å². The van der Waals surface area contributed by atoms with Crippen LogP contribution in [0.2, 0.25) is 0 Å². The van der Waals surface area contributed by atoms with E-state index in [9.17, 15) is 24.3 Å². The average molecular weight is 684 g/mol. The Kier molecular flexibility index (Phi) is 13.5. The number of aromatic carboxylic acids is 4. The Bertz CT molecular complexity index is 1600. The highest BCUT2D eigenvalue weighted by molar-refractivity contribution is 7.99. The SMILES string of the molecule is C[N+](C)(C)c1ccccc1.O=C(O)c1ccc(Sc2ccc(C(=O)O)cc2)cc1.O=C([O-])c1ccc(Sc2ccc(C(=O)O)cc2)cc1. The van der Waals surface area contributed by atoms with Crippen LogP contribution in [0.4, 0.5) is 5.69 Å². The molecule has 0 heterocycles. The van der Waals surface area contributed by atoms with Gasteiger partial charge in [0.1, 0.15) is 5.69 Å². The number of rotatable bonds is 9. The van der Waals surface area contributed by atoms with E-state index < -0.39 is 23.9 Å². The van der Waals surface area contributed by atoms with E-state index in [-0.39, 0.29) is 22.3 Å². The van der Waals surface area contributed by atoms with Crippen molar-refractivity contribution < 1.29 is 39.6 Å². The van der Waals surface area contributed by atoms with Gasteiger partial charge in [-0.1, -0.05) is 53.9 Å². The molecule has 0 aromatic heterocycles. The van der Waals surface area contributed by atoms with Gasteiger partial charge in [-0.15, -0.1) is 0 Å². The normalized spacial score (nSPS) is 10.4. The summed E-state index contributed by atoms with van der Waals surface area (Å²) in [5.41, 5.74) is 2.18. The Labute approximate surface area is 286 Å². The largest absolute Gasteiger partial charge is 0.545 e. The first kappa shape index (κ1) is 37.1. The molecule has 5 aromatic rings. The predicted octanol–water partition coefficient (Wildman–Crippen LogP) is 7.02. The van der Waals surface area contributed by atoms with Gasteiger partial charge in [0.15, 0.2) is 0 Å². The zero-order valence-corrected chi connectivity index (χ0v) is 27.9. The fourth-order valence-electron chi connectivity index (χ4n) is 3.80. The first-order chi connectivity index (χ1) is 22.7. The molecule has 0 fully saturated rings. The van der Waals surface area contributed by atoms with Crippen LogP contribution < -0.4 is 9.59 Å². The Morgan fingerprint density at radius 2 is 0.729 bits per heavy atom. The van der Waals surface area contributed by atoms with E-state index in [2.05, 4.69) is 45.4 Å². The third-order valence-corrected chi connectivity index (χ3v) is 8.43. The van der Waals surface area contributed by atoms with E-state index in [1.165, 1.54) is 77.7 Å². The molecule has 0 aliphatic rings. The summed E-state index contributed by atoms with van der Waals surface area (Å²) in [6, 6.07) is 36.3. The first-order valence-electron chi connectivity index (χ1n) is 14.3. The fraction of sp³-hybridized carbons (Fsp3) is 0.0811. The van der Waals surface area contributed by atoms with Crippen LogP contribution in [0.1, 0.15) is 41.4 Å². The number of nitrogens with zero attached hydrogens (tertiary/aromatic N) is 1. The molecule has 48 heavy (non-hydrogen) atoms. The minimum atomic E-state index is -1.21. The van der Waals surface area contributed by atoms with Gasteiger partial charge in [0.25, 0.3) is 0 Å². The van der Waals surface area contributed by atoms with Crippen molar-refractivity contribution in [2.24, 2.45) is 0 Å². The molecule has 11 heteroatoms. The lowest BCUT2D eigenvalue weighted by molar-refractivity contribution is -0.255. The number of carboxylic acid groups (broad SMARTS) is 4. The molecule has 0 unspecified atom stereocenters. The highest BCUT2D eigenvalue weighted by Gasteiger charge is 2.09. The Hall–Kier alpha value is -5.36. The molecule has 0 radical (unpaired) electrons. The van der Waals surface area contributed by atoms with Crippen molar-refractivity contribution >= 4 is 53.1 Å². The lowest BCUT2D eigenvalue weighted by atomic mass is 10.2. The standard InChI is InChI=1S/2C14H10O4S.C9H14N/c2*15-13(16)9-1-5-11(6-2-9)19-12-7-3-10(4-8-12)14(17)18;1-10(2,3)9-7-5-4-6-8-9/h2*1-8H,(H,15,16)(H,17,18);4-8H,1-3H3/q;;+1/p-1. The van der Waals surface area contributed by atoms with E-state index >= 15 is 0 Å². The maximum absolute atomic E-state index is 10.7. The van der Waals surface area contributed by atoms with Crippen molar-refractivity contribution in [2.45, 2.75) is 19.6 Å². The highest BCUT2D eigenvalue weighted by atomic mass is 32.2. The molecule has 5 aromatic carbocycles.